The van der Waals surface area contributed by atoms with E-state index in [1.54, 1.807) is 34.9 Å². The van der Waals surface area contributed by atoms with E-state index in [9.17, 15) is 13.6 Å². The number of alkyl halides is 2. The molecule has 0 saturated heterocycles. The van der Waals surface area contributed by atoms with Gasteiger partial charge in [-0.15, -0.1) is 0 Å². The molecule has 0 unspecified atom stereocenters. The van der Waals surface area contributed by atoms with Crippen LogP contribution in [0.5, 0.6) is 0 Å². The first-order valence-electron chi connectivity index (χ1n) is 9.55. The number of carbonyl (C=O) groups is 1. The lowest BCUT2D eigenvalue weighted by molar-refractivity contribution is 0.0927. The highest BCUT2D eigenvalue weighted by Gasteiger charge is 2.24. The maximum Gasteiger partial charge on any atom is 0.281 e. The van der Waals surface area contributed by atoms with Gasteiger partial charge in [0.05, 0.1) is 5.56 Å². The molecule has 0 bridgehead atoms. The lowest BCUT2D eigenvalue weighted by atomic mass is 9.91. The summed E-state index contributed by atoms with van der Waals surface area (Å²) in [7, 11) is 0. The van der Waals surface area contributed by atoms with Crippen LogP contribution in [0, 0.1) is 0 Å². The zero-order valence-corrected chi connectivity index (χ0v) is 15.7. The Balaban J connectivity index is 1.36. The molecule has 3 aromatic heterocycles. The number of carbonyl (C=O) groups excluding carboxylic acids is 1. The standard InChI is InChI=1S/C20H22F2N6O/c21-18(22)15-11-28-16(4-1-5-17(28)27-15)25-12-6-8-13(9-7-12)26-20(29)14-3-2-10-24-19(14)23/h1-5,10-13,18,25H,6-9H2,(H2,23,24)(H,26,29). The number of nitrogen functional groups attached to an aromatic ring is 1. The largest absolute Gasteiger partial charge is 0.383 e. The molecule has 4 N–H and O–H groups in total. The fourth-order valence-electron chi connectivity index (χ4n) is 3.72. The van der Waals surface area contributed by atoms with Crippen LogP contribution in [0.3, 0.4) is 0 Å². The van der Waals surface area contributed by atoms with Gasteiger partial charge in [0.1, 0.15) is 23.0 Å². The van der Waals surface area contributed by atoms with Gasteiger partial charge in [-0.25, -0.2) is 18.7 Å². The molecule has 9 heteroatoms. The van der Waals surface area contributed by atoms with Crippen molar-refractivity contribution in [2.24, 2.45) is 0 Å². The number of hydrogen-bond donors (Lipinski definition) is 3. The number of rotatable bonds is 5. The molecule has 1 aliphatic carbocycles. The number of nitrogens with one attached hydrogen (secondary N) is 2. The molecule has 1 fully saturated rings. The summed E-state index contributed by atoms with van der Waals surface area (Å²) in [4.78, 5) is 20.3. The maximum atomic E-state index is 12.9. The lowest BCUT2D eigenvalue weighted by Gasteiger charge is -2.30. The first kappa shape index (κ1) is 19.1. The predicted molar refractivity (Wildman–Crippen MR) is 106 cm³/mol. The molecule has 0 radical (unpaired) electrons. The summed E-state index contributed by atoms with van der Waals surface area (Å²) in [5.41, 5.74) is 6.40. The Hall–Kier alpha value is -3.23. The van der Waals surface area contributed by atoms with Crippen molar-refractivity contribution in [3.63, 3.8) is 0 Å². The first-order valence-corrected chi connectivity index (χ1v) is 9.55. The van der Waals surface area contributed by atoms with E-state index >= 15 is 0 Å². The number of fused-ring (bicyclic) bond motifs is 1. The maximum absolute atomic E-state index is 12.9. The molecule has 1 saturated carbocycles. The van der Waals surface area contributed by atoms with Crippen molar-refractivity contribution in [1.29, 1.82) is 0 Å². The molecule has 0 atom stereocenters. The number of anilines is 2. The molecule has 29 heavy (non-hydrogen) atoms. The molecule has 3 heterocycles. The summed E-state index contributed by atoms with van der Waals surface area (Å²) in [6, 6.07) is 8.94. The van der Waals surface area contributed by atoms with E-state index < -0.39 is 6.43 Å². The molecule has 1 aliphatic rings. The third-order valence-electron chi connectivity index (χ3n) is 5.23. The summed E-state index contributed by atoms with van der Waals surface area (Å²) in [6.07, 6.45) is 3.63. The summed E-state index contributed by atoms with van der Waals surface area (Å²) < 4.78 is 27.5. The Morgan fingerprint density at radius 2 is 1.90 bits per heavy atom. The molecular weight excluding hydrogens is 378 g/mol. The van der Waals surface area contributed by atoms with Crippen LogP contribution in [-0.4, -0.2) is 32.4 Å². The highest BCUT2D eigenvalue weighted by Crippen LogP contribution is 2.25. The second-order valence-electron chi connectivity index (χ2n) is 7.21. The van der Waals surface area contributed by atoms with E-state index in [4.69, 9.17) is 5.73 Å². The Kier molecular flexibility index (Phi) is 5.28. The third-order valence-corrected chi connectivity index (χ3v) is 5.23. The van der Waals surface area contributed by atoms with E-state index in [-0.39, 0.29) is 29.5 Å². The van der Waals surface area contributed by atoms with E-state index in [1.165, 1.54) is 6.20 Å². The highest BCUT2D eigenvalue weighted by molar-refractivity contribution is 5.98. The Morgan fingerprint density at radius 3 is 2.62 bits per heavy atom. The minimum absolute atomic E-state index is 0.0645. The zero-order valence-electron chi connectivity index (χ0n) is 15.7. The van der Waals surface area contributed by atoms with Crippen molar-refractivity contribution in [2.75, 3.05) is 11.1 Å². The van der Waals surface area contributed by atoms with E-state index in [2.05, 4.69) is 20.6 Å². The second-order valence-corrected chi connectivity index (χ2v) is 7.21. The summed E-state index contributed by atoms with van der Waals surface area (Å²) in [6.45, 7) is 0. The Morgan fingerprint density at radius 1 is 1.14 bits per heavy atom. The van der Waals surface area contributed by atoms with Crippen molar-refractivity contribution in [2.45, 2.75) is 44.2 Å². The summed E-state index contributed by atoms with van der Waals surface area (Å²) >= 11 is 0. The molecule has 0 aliphatic heterocycles. The minimum Gasteiger partial charge on any atom is -0.383 e. The van der Waals surface area contributed by atoms with E-state index in [0.29, 0.717) is 11.2 Å². The molecule has 1 amide bonds. The molecule has 152 valence electrons. The van der Waals surface area contributed by atoms with Gasteiger partial charge >= 0.3 is 0 Å². The number of nitrogens with two attached hydrogens (primary N) is 1. The number of pyridine rings is 2. The van der Waals surface area contributed by atoms with Gasteiger partial charge in [0.25, 0.3) is 12.3 Å². The number of halogens is 2. The van der Waals surface area contributed by atoms with Crippen LogP contribution in [0.15, 0.2) is 42.7 Å². The molecule has 0 spiro atoms. The fourth-order valence-corrected chi connectivity index (χ4v) is 3.72. The average Bonchev–Trinajstić information content (AvgIpc) is 3.15. The highest BCUT2D eigenvalue weighted by atomic mass is 19.3. The molecular formula is C20H22F2N6O. The van der Waals surface area contributed by atoms with Gasteiger partial charge in [0.2, 0.25) is 0 Å². The number of imidazole rings is 1. The van der Waals surface area contributed by atoms with E-state index in [1.807, 2.05) is 6.07 Å². The van der Waals surface area contributed by atoms with Crippen molar-refractivity contribution in [3.05, 3.63) is 54.0 Å². The van der Waals surface area contributed by atoms with E-state index in [0.717, 1.165) is 31.5 Å². The lowest BCUT2D eigenvalue weighted by Crippen LogP contribution is -2.40. The number of nitrogens with zero attached hydrogens (tertiary/aromatic N) is 3. The topological polar surface area (TPSA) is 97.3 Å². The second kappa shape index (κ2) is 8.02. The van der Waals surface area contributed by atoms with Gasteiger partial charge in [-0.2, -0.15) is 0 Å². The number of amides is 1. The van der Waals surface area contributed by atoms with Crippen LogP contribution in [-0.2, 0) is 0 Å². The van der Waals surface area contributed by atoms with Crippen LogP contribution in [0.25, 0.3) is 5.65 Å². The molecule has 3 aromatic rings. The first-order chi connectivity index (χ1) is 14.0. The van der Waals surface area contributed by atoms with Crippen LogP contribution >= 0.6 is 0 Å². The summed E-state index contributed by atoms with van der Waals surface area (Å²) in [5.74, 6) is 0.740. The third kappa shape index (κ3) is 4.13. The minimum atomic E-state index is -2.60. The van der Waals surface area contributed by atoms with Crippen molar-refractivity contribution >= 4 is 23.2 Å². The molecule has 4 rings (SSSR count). The molecule has 7 nitrogen and oxygen atoms in total. The van der Waals surface area contributed by atoms with Gasteiger partial charge in [0, 0.05) is 24.5 Å². The van der Waals surface area contributed by atoms with Crippen molar-refractivity contribution < 1.29 is 13.6 Å². The van der Waals surface area contributed by atoms with Gasteiger partial charge in [-0.05, 0) is 49.9 Å². The van der Waals surface area contributed by atoms with Crippen molar-refractivity contribution in [1.82, 2.24) is 19.7 Å². The van der Waals surface area contributed by atoms with Crippen LogP contribution in [0.1, 0.15) is 48.2 Å². The average molecular weight is 400 g/mol. The number of aromatic nitrogens is 3. The fraction of sp³-hybridized carbons (Fsp3) is 0.350. The van der Waals surface area contributed by atoms with Crippen molar-refractivity contribution in [3.8, 4) is 0 Å². The SMILES string of the molecule is Nc1ncccc1C(=O)NC1CCC(Nc2cccc3nc(C(F)F)cn23)CC1. The predicted octanol–water partition coefficient (Wildman–Crippen LogP) is 3.40. The molecule has 0 aromatic carbocycles. The Labute approximate surface area is 166 Å². The van der Waals surface area contributed by atoms with Crippen LogP contribution in [0.2, 0.25) is 0 Å². The zero-order chi connectivity index (χ0) is 20.4. The Bertz CT molecular complexity index is 1010. The van der Waals surface area contributed by atoms with Gasteiger partial charge in [-0.1, -0.05) is 6.07 Å². The summed E-state index contributed by atoms with van der Waals surface area (Å²) in [5, 5.41) is 6.45. The van der Waals surface area contributed by atoms with Gasteiger partial charge < -0.3 is 16.4 Å². The smallest absolute Gasteiger partial charge is 0.281 e. The van der Waals surface area contributed by atoms with Gasteiger partial charge in [0.15, 0.2) is 0 Å². The van der Waals surface area contributed by atoms with Crippen LogP contribution in [0.4, 0.5) is 20.4 Å². The monoisotopic (exact) mass is 400 g/mol. The normalized spacial score (nSPS) is 19.4. The van der Waals surface area contributed by atoms with Crippen LogP contribution < -0.4 is 16.4 Å². The quantitative estimate of drug-likeness (QED) is 0.610. The van der Waals surface area contributed by atoms with Gasteiger partial charge in [-0.3, -0.25) is 9.20 Å². The number of hydrogen-bond acceptors (Lipinski definition) is 5.